The van der Waals surface area contributed by atoms with E-state index in [9.17, 15) is 8.78 Å². The lowest BCUT2D eigenvalue weighted by Crippen LogP contribution is -2.29. The molecule has 0 radical (unpaired) electrons. The van der Waals surface area contributed by atoms with Crippen LogP contribution in [0, 0.1) is 11.6 Å². The molecule has 0 atom stereocenters. The van der Waals surface area contributed by atoms with E-state index in [1.165, 1.54) is 7.11 Å². The Morgan fingerprint density at radius 3 is 2.14 bits per heavy atom. The van der Waals surface area contributed by atoms with E-state index in [1.54, 1.807) is 13.8 Å². The van der Waals surface area contributed by atoms with Crippen LogP contribution in [0.15, 0.2) is 12.1 Å². The Balaban J connectivity index is 3.35. The molecule has 0 aliphatic heterocycles. The summed E-state index contributed by atoms with van der Waals surface area (Å²) in [4.78, 5) is 0. The Hall–Kier alpha value is -1.16. The molecule has 1 aromatic carbocycles. The number of methoxy groups -OCH3 is 1. The van der Waals surface area contributed by atoms with Crippen molar-refractivity contribution in [2.24, 2.45) is 5.73 Å². The van der Waals surface area contributed by atoms with Crippen molar-refractivity contribution in [2.75, 3.05) is 7.11 Å². The number of halogens is 2. The molecule has 78 valence electrons. The van der Waals surface area contributed by atoms with E-state index < -0.39 is 17.2 Å². The van der Waals surface area contributed by atoms with Gasteiger partial charge >= 0.3 is 0 Å². The Labute approximate surface area is 81.7 Å². The number of hydrogen-bond acceptors (Lipinski definition) is 2. The van der Waals surface area contributed by atoms with Gasteiger partial charge in [0, 0.05) is 17.2 Å². The molecule has 14 heavy (non-hydrogen) atoms. The minimum atomic E-state index is -0.935. The van der Waals surface area contributed by atoms with E-state index in [1.807, 2.05) is 0 Å². The highest BCUT2D eigenvalue weighted by molar-refractivity contribution is 5.39. The first-order valence-electron chi connectivity index (χ1n) is 4.18. The van der Waals surface area contributed by atoms with Gasteiger partial charge < -0.3 is 10.5 Å². The summed E-state index contributed by atoms with van der Waals surface area (Å²) in [6.45, 7) is 3.39. The standard InChI is InChI=1S/C10H13F2NO/c1-10(2,13)6-4-7(11)8(12)5-9(6)14-3/h4-5H,13H2,1-3H3. The van der Waals surface area contributed by atoms with E-state index in [-0.39, 0.29) is 5.75 Å². The molecular weight excluding hydrogens is 188 g/mol. The van der Waals surface area contributed by atoms with Crippen molar-refractivity contribution in [2.45, 2.75) is 19.4 Å². The van der Waals surface area contributed by atoms with E-state index >= 15 is 0 Å². The Kier molecular flexibility index (Phi) is 2.76. The SMILES string of the molecule is COc1cc(F)c(F)cc1C(C)(C)N. The van der Waals surface area contributed by atoms with E-state index in [4.69, 9.17) is 10.5 Å². The summed E-state index contributed by atoms with van der Waals surface area (Å²) in [6.07, 6.45) is 0. The fourth-order valence-corrected chi connectivity index (χ4v) is 1.20. The third-order valence-corrected chi connectivity index (χ3v) is 1.94. The van der Waals surface area contributed by atoms with Crippen molar-refractivity contribution in [1.29, 1.82) is 0 Å². The third kappa shape index (κ3) is 2.01. The fourth-order valence-electron chi connectivity index (χ4n) is 1.20. The van der Waals surface area contributed by atoms with E-state index in [0.717, 1.165) is 12.1 Å². The summed E-state index contributed by atoms with van der Waals surface area (Å²) in [5.74, 6) is -1.59. The van der Waals surface area contributed by atoms with Crippen molar-refractivity contribution in [3.8, 4) is 5.75 Å². The fraction of sp³-hybridized carbons (Fsp3) is 0.400. The van der Waals surface area contributed by atoms with Crippen LogP contribution in [0.3, 0.4) is 0 Å². The van der Waals surface area contributed by atoms with Crippen LogP contribution in [-0.4, -0.2) is 7.11 Å². The number of hydrogen-bond donors (Lipinski definition) is 1. The van der Waals surface area contributed by atoms with Crippen molar-refractivity contribution in [3.63, 3.8) is 0 Å². The second-order valence-corrected chi connectivity index (χ2v) is 3.69. The molecule has 0 amide bonds. The number of nitrogens with two attached hydrogens (primary N) is 1. The molecule has 2 nitrogen and oxygen atoms in total. The maximum absolute atomic E-state index is 12.9. The van der Waals surface area contributed by atoms with Crippen LogP contribution in [0.1, 0.15) is 19.4 Å². The lowest BCUT2D eigenvalue weighted by molar-refractivity contribution is 0.385. The Morgan fingerprint density at radius 1 is 1.21 bits per heavy atom. The van der Waals surface area contributed by atoms with Crippen molar-refractivity contribution in [3.05, 3.63) is 29.3 Å². The predicted molar refractivity (Wildman–Crippen MR) is 50.1 cm³/mol. The molecule has 1 aromatic rings. The Morgan fingerprint density at radius 2 is 1.71 bits per heavy atom. The van der Waals surface area contributed by atoms with Crippen LogP contribution in [-0.2, 0) is 5.54 Å². The van der Waals surface area contributed by atoms with Crippen molar-refractivity contribution < 1.29 is 13.5 Å². The highest BCUT2D eigenvalue weighted by Crippen LogP contribution is 2.29. The summed E-state index contributed by atoms with van der Waals surface area (Å²) in [5, 5.41) is 0. The lowest BCUT2D eigenvalue weighted by Gasteiger charge is -2.22. The monoisotopic (exact) mass is 201 g/mol. The zero-order valence-corrected chi connectivity index (χ0v) is 8.40. The van der Waals surface area contributed by atoms with Crippen LogP contribution in [0.4, 0.5) is 8.78 Å². The number of benzene rings is 1. The summed E-state index contributed by atoms with van der Waals surface area (Å²) in [6, 6.07) is 2.06. The number of ether oxygens (including phenoxy) is 1. The van der Waals surface area contributed by atoms with Gasteiger partial charge in [0.2, 0.25) is 0 Å². The molecule has 0 unspecified atom stereocenters. The molecule has 0 aliphatic carbocycles. The summed E-state index contributed by atoms with van der Waals surface area (Å²) < 4.78 is 30.7. The summed E-state index contributed by atoms with van der Waals surface area (Å²) in [5.41, 5.74) is 5.46. The van der Waals surface area contributed by atoms with Gasteiger partial charge in [-0.2, -0.15) is 0 Å². The third-order valence-electron chi connectivity index (χ3n) is 1.94. The van der Waals surface area contributed by atoms with Gasteiger partial charge in [0.15, 0.2) is 11.6 Å². The van der Waals surface area contributed by atoms with Gasteiger partial charge in [-0.25, -0.2) is 8.78 Å². The van der Waals surface area contributed by atoms with Crippen LogP contribution in [0.25, 0.3) is 0 Å². The molecule has 2 N–H and O–H groups in total. The molecule has 1 rings (SSSR count). The van der Waals surface area contributed by atoms with Crippen molar-refractivity contribution in [1.82, 2.24) is 0 Å². The molecule has 4 heteroatoms. The average Bonchev–Trinajstić information content (AvgIpc) is 2.07. The highest BCUT2D eigenvalue weighted by Gasteiger charge is 2.21. The second-order valence-electron chi connectivity index (χ2n) is 3.69. The maximum atomic E-state index is 12.9. The molecule has 0 fully saturated rings. The van der Waals surface area contributed by atoms with E-state index in [0.29, 0.717) is 5.56 Å². The van der Waals surface area contributed by atoms with Gasteiger partial charge in [-0.15, -0.1) is 0 Å². The first-order chi connectivity index (χ1) is 6.36. The molecule has 0 spiro atoms. The molecule has 0 bridgehead atoms. The molecule has 0 saturated heterocycles. The number of rotatable bonds is 2. The van der Waals surface area contributed by atoms with Gasteiger partial charge in [0.1, 0.15) is 5.75 Å². The first kappa shape index (κ1) is 10.9. The van der Waals surface area contributed by atoms with Gasteiger partial charge in [0.05, 0.1) is 7.11 Å². The molecule has 0 aliphatic rings. The van der Waals surface area contributed by atoms with Gasteiger partial charge in [-0.3, -0.25) is 0 Å². The highest BCUT2D eigenvalue weighted by atomic mass is 19.2. The largest absolute Gasteiger partial charge is 0.496 e. The lowest BCUT2D eigenvalue weighted by atomic mass is 9.94. The van der Waals surface area contributed by atoms with Gasteiger partial charge in [-0.05, 0) is 19.9 Å². The van der Waals surface area contributed by atoms with Gasteiger partial charge in [0.25, 0.3) is 0 Å². The minimum absolute atomic E-state index is 0.261. The quantitative estimate of drug-likeness (QED) is 0.795. The van der Waals surface area contributed by atoms with Crippen LogP contribution < -0.4 is 10.5 Å². The predicted octanol–water partition coefficient (Wildman–Crippen LogP) is 2.17. The Bertz CT molecular complexity index is 345. The zero-order chi connectivity index (χ0) is 10.9. The normalized spacial score (nSPS) is 11.6. The molecular formula is C10H13F2NO. The average molecular weight is 201 g/mol. The smallest absolute Gasteiger partial charge is 0.162 e. The molecule has 0 aromatic heterocycles. The van der Waals surface area contributed by atoms with Crippen molar-refractivity contribution >= 4 is 0 Å². The van der Waals surface area contributed by atoms with Gasteiger partial charge in [-0.1, -0.05) is 0 Å². The van der Waals surface area contributed by atoms with Crippen LogP contribution in [0.2, 0.25) is 0 Å². The minimum Gasteiger partial charge on any atom is -0.496 e. The molecule has 0 heterocycles. The van der Waals surface area contributed by atoms with E-state index in [2.05, 4.69) is 0 Å². The first-order valence-corrected chi connectivity index (χ1v) is 4.18. The van der Waals surface area contributed by atoms with Crippen LogP contribution in [0.5, 0.6) is 5.75 Å². The topological polar surface area (TPSA) is 35.2 Å². The summed E-state index contributed by atoms with van der Waals surface area (Å²) in [7, 11) is 1.39. The zero-order valence-electron chi connectivity index (χ0n) is 8.40. The second kappa shape index (κ2) is 3.53. The van der Waals surface area contributed by atoms with Crippen LogP contribution >= 0.6 is 0 Å². The molecule has 0 saturated carbocycles. The summed E-state index contributed by atoms with van der Waals surface area (Å²) >= 11 is 0. The maximum Gasteiger partial charge on any atom is 0.162 e.